The Morgan fingerprint density at radius 3 is 2.60 bits per heavy atom. The van der Waals surface area contributed by atoms with Gasteiger partial charge in [0.25, 0.3) is 0 Å². The fourth-order valence-electron chi connectivity index (χ4n) is 1.57. The van der Waals surface area contributed by atoms with E-state index in [0.29, 0.717) is 0 Å². The number of hydrogen-bond acceptors (Lipinski definition) is 4. The van der Waals surface area contributed by atoms with Crippen LogP contribution in [0.3, 0.4) is 0 Å². The monoisotopic (exact) mass is 311 g/mol. The van der Waals surface area contributed by atoms with Crippen LogP contribution in [0.25, 0.3) is 0 Å². The van der Waals surface area contributed by atoms with Crippen LogP contribution in [0.1, 0.15) is 18.1 Å². The minimum atomic E-state index is -4.67. The van der Waals surface area contributed by atoms with Crippen LogP contribution in [0.5, 0.6) is 0 Å². The Morgan fingerprint density at radius 1 is 1.50 bits per heavy atom. The zero-order valence-electron chi connectivity index (χ0n) is 10.5. The van der Waals surface area contributed by atoms with E-state index < -0.39 is 29.5 Å². The van der Waals surface area contributed by atoms with E-state index >= 15 is 0 Å². The topological polar surface area (TPSA) is 72.5 Å². The number of aliphatic hydroxyl groups excluding tert-OH is 1. The molecule has 8 heteroatoms. The standard InChI is InChI=1S/C12H13ClF3NO3/c1-2-20-11(19)9(18)5-6-3-7(12(14,15)16)10(17)8(13)4-6/h3-4,9,18H,2,5,17H2,1H3. The van der Waals surface area contributed by atoms with Crippen molar-refractivity contribution in [3.8, 4) is 0 Å². The van der Waals surface area contributed by atoms with Gasteiger partial charge in [-0.15, -0.1) is 0 Å². The van der Waals surface area contributed by atoms with E-state index in [1.807, 2.05) is 0 Å². The molecule has 0 heterocycles. The van der Waals surface area contributed by atoms with Gasteiger partial charge >= 0.3 is 12.1 Å². The largest absolute Gasteiger partial charge is 0.464 e. The number of alkyl halides is 3. The molecule has 0 aliphatic heterocycles. The quantitative estimate of drug-likeness (QED) is 0.661. The summed E-state index contributed by atoms with van der Waals surface area (Å²) in [5.41, 5.74) is 3.62. The number of nitrogens with two attached hydrogens (primary N) is 1. The fourth-order valence-corrected chi connectivity index (χ4v) is 1.81. The van der Waals surface area contributed by atoms with E-state index in [-0.39, 0.29) is 23.6 Å². The predicted octanol–water partition coefficient (Wildman–Crippen LogP) is 2.41. The summed E-state index contributed by atoms with van der Waals surface area (Å²) in [6.07, 6.45) is -6.57. The highest BCUT2D eigenvalue weighted by atomic mass is 35.5. The van der Waals surface area contributed by atoms with Gasteiger partial charge in [0.05, 0.1) is 22.9 Å². The first kappa shape index (κ1) is 16.6. The van der Waals surface area contributed by atoms with Crippen LogP contribution in [0.15, 0.2) is 12.1 Å². The van der Waals surface area contributed by atoms with E-state index in [1.165, 1.54) is 6.07 Å². The summed E-state index contributed by atoms with van der Waals surface area (Å²) in [6, 6.07) is 1.93. The van der Waals surface area contributed by atoms with Gasteiger partial charge in [0, 0.05) is 6.42 Å². The van der Waals surface area contributed by atoms with Crippen LogP contribution in [0, 0.1) is 0 Å². The average Bonchev–Trinajstić information content (AvgIpc) is 2.32. The molecule has 1 aromatic carbocycles. The SMILES string of the molecule is CCOC(=O)C(O)Cc1cc(Cl)c(N)c(C(F)(F)F)c1. The second kappa shape index (κ2) is 6.32. The summed E-state index contributed by atoms with van der Waals surface area (Å²) in [7, 11) is 0. The summed E-state index contributed by atoms with van der Waals surface area (Å²) in [5.74, 6) is -0.908. The second-order valence-corrected chi connectivity index (χ2v) is 4.42. The average molecular weight is 312 g/mol. The Bertz CT molecular complexity index is 505. The first-order valence-electron chi connectivity index (χ1n) is 5.66. The van der Waals surface area contributed by atoms with Crippen LogP contribution in [-0.4, -0.2) is 23.8 Å². The minimum Gasteiger partial charge on any atom is -0.464 e. The third-order valence-electron chi connectivity index (χ3n) is 2.48. The Labute approximate surface area is 118 Å². The number of carbonyl (C=O) groups is 1. The van der Waals surface area contributed by atoms with Gasteiger partial charge < -0.3 is 15.6 Å². The molecule has 1 atom stereocenters. The van der Waals surface area contributed by atoms with Crippen molar-refractivity contribution in [2.45, 2.75) is 25.6 Å². The smallest absolute Gasteiger partial charge is 0.418 e. The number of aliphatic hydroxyl groups is 1. The Balaban J connectivity index is 3.03. The third-order valence-corrected chi connectivity index (χ3v) is 2.80. The molecule has 1 rings (SSSR count). The van der Waals surface area contributed by atoms with Gasteiger partial charge in [-0.1, -0.05) is 11.6 Å². The van der Waals surface area contributed by atoms with Crippen LogP contribution in [0.4, 0.5) is 18.9 Å². The Morgan fingerprint density at radius 2 is 2.10 bits per heavy atom. The van der Waals surface area contributed by atoms with Crippen molar-refractivity contribution in [3.63, 3.8) is 0 Å². The normalized spacial score (nSPS) is 13.1. The van der Waals surface area contributed by atoms with E-state index in [9.17, 15) is 23.1 Å². The van der Waals surface area contributed by atoms with Crippen molar-refractivity contribution in [1.82, 2.24) is 0 Å². The van der Waals surface area contributed by atoms with Gasteiger partial charge in [-0.05, 0) is 24.6 Å². The van der Waals surface area contributed by atoms with Gasteiger partial charge in [0.2, 0.25) is 0 Å². The summed E-state index contributed by atoms with van der Waals surface area (Å²) in [5, 5.41) is 9.24. The van der Waals surface area contributed by atoms with E-state index in [2.05, 4.69) is 4.74 Å². The van der Waals surface area contributed by atoms with Crippen LogP contribution in [-0.2, 0) is 22.1 Å². The zero-order chi connectivity index (χ0) is 15.5. The van der Waals surface area contributed by atoms with E-state index in [1.54, 1.807) is 6.92 Å². The molecule has 4 nitrogen and oxygen atoms in total. The minimum absolute atomic E-state index is 0.0390. The maximum absolute atomic E-state index is 12.7. The Hall–Kier alpha value is -1.47. The van der Waals surface area contributed by atoms with E-state index in [0.717, 1.165) is 6.07 Å². The Kier molecular flexibility index (Phi) is 5.24. The van der Waals surface area contributed by atoms with Crippen molar-refractivity contribution >= 4 is 23.3 Å². The first-order chi connectivity index (χ1) is 9.16. The molecule has 1 aromatic rings. The van der Waals surface area contributed by atoms with Crippen molar-refractivity contribution in [3.05, 3.63) is 28.3 Å². The predicted molar refractivity (Wildman–Crippen MR) is 67.2 cm³/mol. The first-order valence-corrected chi connectivity index (χ1v) is 6.04. The van der Waals surface area contributed by atoms with Crippen LogP contribution < -0.4 is 5.73 Å². The highest BCUT2D eigenvalue weighted by Gasteiger charge is 2.34. The fraction of sp³-hybridized carbons (Fsp3) is 0.417. The lowest BCUT2D eigenvalue weighted by Gasteiger charge is -2.15. The zero-order valence-corrected chi connectivity index (χ0v) is 11.3. The molecule has 0 aromatic heterocycles. The molecule has 0 aliphatic carbocycles. The molecule has 0 radical (unpaired) electrons. The van der Waals surface area contributed by atoms with Crippen molar-refractivity contribution < 1.29 is 27.8 Å². The summed E-state index contributed by atoms with van der Waals surface area (Å²) in [6.45, 7) is 1.61. The number of carbonyl (C=O) groups excluding carboxylic acids is 1. The number of halogens is 4. The molecule has 20 heavy (non-hydrogen) atoms. The molecule has 0 aliphatic rings. The van der Waals surface area contributed by atoms with Gasteiger partial charge in [-0.25, -0.2) is 4.79 Å². The number of benzene rings is 1. The number of anilines is 1. The number of hydrogen-bond donors (Lipinski definition) is 2. The number of rotatable bonds is 4. The van der Waals surface area contributed by atoms with Gasteiger partial charge in [0.1, 0.15) is 0 Å². The van der Waals surface area contributed by atoms with Crippen molar-refractivity contribution in [1.29, 1.82) is 0 Å². The molecule has 0 saturated heterocycles. The van der Waals surface area contributed by atoms with E-state index in [4.69, 9.17) is 17.3 Å². The lowest BCUT2D eigenvalue weighted by atomic mass is 10.0. The second-order valence-electron chi connectivity index (χ2n) is 4.01. The molecule has 0 saturated carbocycles. The molecule has 1 unspecified atom stereocenters. The number of ether oxygens (including phenoxy) is 1. The molecular weight excluding hydrogens is 299 g/mol. The molecule has 0 amide bonds. The maximum atomic E-state index is 12.7. The van der Waals surface area contributed by atoms with Gasteiger partial charge in [0.15, 0.2) is 6.10 Å². The summed E-state index contributed by atoms with van der Waals surface area (Å²) >= 11 is 5.63. The maximum Gasteiger partial charge on any atom is 0.418 e. The number of nitrogen functional groups attached to an aromatic ring is 1. The molecule has 0 spiro atoms. The van der Waals surface area contributed by atoms with Gasteiger partial charge in [-0.2, -0.15) is 13.2 Å². The highest BCUT2D eigenvalue weighted by Crippen LogP contribution is 2.38. The lowest BCUT2D eigenvalue weighted by Crippen LogP contribution is -2.25. The highest BCUT2D eigenvalue weighted by molar-refractivity contribution is 6.33. The molecule has 0 bridgehead atoms. The van der Waals surface area contributed by atoms with Gasteiger partial charge in [-0.3, -0.25) is 0 Å². The number of esters is 1. The molecule has 0 fully saturated rings. The lowest BCUT2D eigenvalue weighted by molar-refractivity contribution is -0.152. The van der Waals surface area contributed by atoms with Crippen molar-refractivity contribution in [2.75, 3.05) is 12.3 Å². The molecule has 3 N–H and O–H groups in total. The van der Waals surface area contributed by atoms with Crippen molar-refractivity contribution in [2.24, 2.45) is 0 Å². The molecular formula is C12H13ClF3NO3. The van der Waals surface area contributed by atoms with Crippen LogP contribution >= 0.6 is 11.6 Å². The third kappa shape index (κ3) is 4.01. The summed E-state index contributed by atoms with van der Waals surface area (Å²) in [4.78, 5) is 11.2. The van der Waals surface area contributed by atoms with Crippen LogP contribution in [0.2, 0.25) is 5.02 Å². The molecule has 112 valence electrons. The summed E-state index contributed by atoms with van der Waals surface area (Å²) < 4.78 is 42.8.